The van der Waals surface area contributed by atoms with Gasteiger partial charge in [-0.25, -0.2) is 0 Å². The molecule has 0 saturated heterocycles. The van der Waals surface area contributed by atoms with Crippen molar-refractivity contribution in [3.63, 3.8) is 0 Å². The summed E-state index contributed by atoms with van der Waals surface area (Å²) in [6.07, 6.45) is 1.82. The minimum atomic E-state index is -0.545. The highest BCUT2D eigenvalue weighted by atomic mass is 16.6. The molecule has 120 valence electrons. The van der Waals surface area contributed by atoms with Gasteiger partial charge < -0.3 is 5.32 Å². The zero-order valence-electron chi connectivity index (χ0n) is 13.5. The molecule has 0 amide bonds. The minimum absolute atomic E-state index is 0.0685. The molecule has 0 aliphatic rings. The van der Waals surface area contributed by atoms with Gasteiger partial charge in [-0.15, -0.1) is 0 Å². The second-order valence-electron chi connectivity index (χ2n) is 5.40. The molecule has 2 aromatic rings. The highest BCUT2D eigenvalue weighted by molar-refractivity contribution is 5.58. The van der Waals surface area contributed by atoms with Gasteiger partial charge in [-0.1, -0.05) is 0 Å². The lowest BCUT2D eigenvalue weighted by molar-refractivity contribution is -0.385. The summed E-state index contributed by atoms with van der Waals surface area (Å²) in [5, 5.41) is 27.4. The maximum atomic E-state index is 10.8. The van der Waals surface area contributed by atoms with Gasteiger partial charge in [0.25, 0.3) is 5.69 Å². The average Bonchev–Trinajstić information content (AvgIpc) is 2.76. The number of aromatic nitrogens is 2. The minimum Gasteiger partial charge on any atom is -0.385 e. The van der Waals surface area contributed by atoms with Crippen molar-refractivity contribution in [1.29, 1.82) is 5.26 Å². The predicted molar refractivity (Wildman–Crippen MR) is 87.3 cm³/mol. The number of benzene rings is 1. The Morgan fingerprint density at radius 2 is 2.17 bits per heavy atom. The second-order valence-corrected chi connectivity index (χ2v) is 5.40. The van der Waals surface area contributed by atoms with Crippen molar-refractivity contribution < 1.29 is 4.92 Å². The third kappa shape index (κ3) is 3.66. The van der Waals surface area contributed by atoms with Crippen LogP contribution in [-0.2, 0) is 13.5 Å². The second kappa shape index (κ2) is 6.92. The van der Waals surface area contributed by atoms with Crippen molar-refractivity contribution in [2.24, 2.45) is 7.05 Å². The first kappa shape index (κ1) is 16.5. The lowest BCUT2D eigenvalue weighted by atomic mass is 10.1. The molecule has 0 fully saturated rings. The van der Waals surface area contributed by atoms with Crippen LogP contribution in [0.15, 0.2) is 18.2 Å². The van der Waals surface area contributed by atoms with Crippen LogP contribution in [0.4, 0.5) is 11.4 Å². The summed E-state index contributed by atoms with van der Waals surface area (Å²) in [5.41, 5.74) is 4.10. The van der Waals surface area contributed by atoms with Crippen molar-refractivity contribution in [2.45, 2.75) is 26.7 Å². The Balaban J connectivity index is 1.94. The Morgan fingerprint density at radius 1 is 1.43 bits per heavy atom. The molecular formula is C16H19N5O2. The first-order valence-electron chi connectivity index (χ1n) is 7.35. The number of rotatable bonds is 6. The molecule has 7 heteroatoms. The molecule has 0 radical (unpaired) electrons. The van der Waals surface area contributed by atoms with Gasteiger partial charge in [0.15, 0.2) is 0 Å². The Labute approximate surface area is 134 Å². The van der Waals surface area contributed by atoms with Crippen molar-refractivity contribution in [3.05, 3.63) is 50.8 Å². The van der Waals surface area contributed by atoms with E-state index in [0.29, 0.717) is 5.69 Å². The lowest BCUT2D eigenvalue weighted by Gasteiger charge is -2.07. The van der Waals surface area contributed by atoms with Gasteiger partial charge in [0.05, 0.1) is 10.6 Å². The number of nitriles is 1. The highest BCUT2D eigenvalue weighted by Crippen LogP contribution is 2.22. The van der Waals surface area contributed by atoms with Gasteiger partial charge in [-0.3, -0.25) is 14.8 Å². The van der Waals surface area contributed by atoms with Crippen LogP contribution in [0, 0.1) is 35.3 Å². The fourth-order valence-corrected chi connectivity index (χ4v) is 2.57. The van der Waals surface area contributed by atoms with E-state index in [1.807, 2.05) is 24.7 Å². The topological polar surface area (TPSA) is 96.8 Å². The Morgan fingerprint density at radius 3 is 2.74 bits per heavy atom. The fourth-order valence-electron chi connectivity index (χ4n) is 2.57. The van der Waals surface area contributed by atoms with Crippen LogP contribution in [0.1, 0.15) is 28.9 Å². The molecule has 1 aromatic carbocycles. The lowest BCUT2D eigenvalue weighted by Crippen LogP contribution is -2.04. The molecule has 1 heterocycles. The fraction of sp³-hybridized carbons (Fsp3) is 0.375. The number of anilines is 1. The number of nitro groups is 1. The Kier molecular flexibility index (Phi) is 4.96. The zero-order chi connectivity index (χ0) is 17.0. The van der Waals surface area contributed by atoms with E-state index in [2.05, 4.69) is 17.3 Å². The van der Waals surface area contributed by atoms with Gasteiger partial charge in [0.2, 0.25) is 0 Å². The summed E-state index contributed by atoms with van der Waals surface area (Å²) in [7, 11) is 1.93. The maximum Gasteiger partial charge on any atom is 0.287 e. The molecule has 0 spiro atoms. The number of aryl methyl sites for hydroxylation is 2. The SMILES string of the molecule is Cc1nn(C)c(C)c1CCCNc1ccc([N+](=O)[O-])c(C#N)c1. The van der Waals surface area contributed by atoms with Crippen LogP contribution in [0.3, 0.4) is 0 Å². The van der Waals surface area contributed by atoms with E-state index >= 15 is 0 Å². The van der Waals surface area contributed by atoms with Crippen LogP contribution < -0.4 is 5.32 Å². The van der Waals surface area contributed by atoms with Crippen LogP contribution in [0.5, 0.6) is 0 Å². The highest BCUT2D eigenvalue weighted by Gasteiger charge is 2.13. The molecule has 7 nitrogen and oxygen atoms in total. The number of hydrogen-bond acceptors (Lipinski definition) is 5. The van der Waals surface area contributed by atoms with E-state index in [4.69, 9.17) is 5.26 Å². The summed E-state index contributed by atoms with van der Waals surface area (Å²) in [6.45, 7) is 4.78. The molecule has 0 atom stereocenters. The monoisotopic (exact) mass is 313 g/mol. The van der Waals surface area contributed by atoms with E-state index in [9.17, 15) is 10.1 Å². The summed E-state index contributed by atoms with van der Waals surface area (Å²) in [6, 6.07) is 6.35. The predicted octanol–water partition coefficient (Wildman–Crippen LogP) is 2.86. The van der Waals surface area contributed by atoms with Crippen molar-refractivity contribution in [1.82, 2.24) is 9.78 Å². The Bertz CT molecular complexity index is 774. The van der Waals surface area contributed by atoms with Gasteiger partial charge in [0, 0.05) is 31.0 Å². The molecule has 1 aromatic heterocycles. The van der Waals surface area contributed by atoms with Crippen LogP contribution in [0.2, 0.25) is 0 Å². The van der Waals surface area contributed by atoms with E-state index in [1.165, 1.54) is 23.4 Å². The molecule has 0 aliphatic carbocycles. The number of hydrogen-bond donors (Lipinski definition) is 1. The van der Waals surface area contributed by atoms with Crippen LogP contribution in [0.25, 0.3) is 0 Å². The maximum absolute atomic E-state index is 10.8. The molecule has 0 bridgehead atoms. The number of nitro benzene ring substituents is 1. The van der Waals surface area contributed by atoms with Crippen molar-refractivity contribution in [3.8, 4) is 6.07 Å². The average molecular weight is 313 g/mol. The van der Waals surface area contributed by atoms with Gasteiger partial charge in [0.1, 0.15) is 11.6 Å². The van der Waals surface area contributed by atoms with Crippen LogP contribution in [-0.4, -0.2) is 21.2 Å². The molecule has 1 N–H and O–H groups in total. The Hall–Kier alpha value is -2.88. The number of nitrogens with one attached hydrogen (secondary N) is 1. The largest absolute Gasteiger partial charge is 0.385 e. The summed E-state index contributed by atoms with van der Waals surface area (Å²) in [5.74, 6) is 0. The third-order valence-corrected chi connectivity index (χ3v) is 3.91. The van der Waals surface area contributed by atoms with Gasteiger partial charge >= 0.3 is 0 Å². The molecular weight excluding hydrogens is 294 g/mol. The van der Waals surface area contributed by atoms with Gasteiger partial charge in [-0.2, -0.15) is 10.4 Å². The first-order valence-corrected chi connectivity index (χ1v) is 7.35. The number of nitrogens with zero attached hydrogens (tertiary/aromatic N) is 4. The van der Waals surface area contributed by atoms with Gasteiger partial charge in [-0.05, 0) is 44.4 Å². The normalized spacial score (nSPS) is 10.3. The summed E-state index contributed by atoms with van der Waals surface area (Å²) >= 11 is 0. The molecule has 0 saturated carbocycles. The van der Waals surface area contributed by atoms with Crippen LogP contribution >= 0.6 is 0 Å². The molecule has 23 heavy (non-hydrogen) atoms. The smallest absolute Gasteiger partial charge is 0.287 e. The van der Waals surface area contributed by atoms with E-state index < -0.39 is 4.92 Å². The third-order valence-electron chi connectivity index (χ3n) is 3.91. The standard InChI is InChI=1S/C16H19N5O2/c1-11-15(12(2)20(3)19-11)5-4-8-18-14-6-7-16(21(22)23)13(9-14)10-17/h6-7,9,18H,4-5,8H2,1-3H3. The summed E-state index contributed by atoms with van der Waals surface area (Å²) < 4.78 is 1.88. The quantitative estimate of drug-likeness (QED) is 0.502. The molecule has 0 aliphatic heterocycles. The first-order chi connectivity index (χ1) is 10.9. The molecule has 2 rings (SSSR count). The summed E-state index contributed by atoms with van der Waals surface area (Å²) in [4.78, 5) is 10.3. The van der Waals surface area contributed by atoms with Crippen molar-refractivity contribution in [2.75, 3.05) is 11.9 Å². The van der Waals surface area contributed by atoms with E-state index in [1.54, 1.807) is 6.07 Å². The molecule has 0 unspecified atom stereocenters. The zero-order valence-corrected chi connectivity index (χ0v) is 13.5. The van der Waals surface area contributed by atoms with E-state index in [0.717, 1.165) is 25.1 Å². The van der Waals surface area contributed by atoms with E-state index in [-0.39, 0.29) is 11.3 Å². The van der Waals surface area contributed by atoms with Crippen molar-refractivity contribution >= 4 is 11.4 Å².